The van der Waals surface area contributed by atoms with Crippen LogP contribution in [-0.2, 0) is 18.4 Å². The van der Waals surface area contributed by atoms with Crippen LogP contribution in [0.25, 0.3) is 22.1 Å². The second-order valence-corrected chi connectivity index (χ2v) is 6.66. The van der Waals surface area contributed by atoms with Crippen molar-refractivity contribution in [2.75, 3.05) is 0 Å². The number of fused-ring (bicyclic) bond motifs is 2. The fourth-order valence-electron chi connectivity index (χ4n) is 3.35. The summed E-state index contributed by atoms with van der Waals surface area (Å²) in [5.74, 6) is 0.592. The van der Waals surface area contributed by atoms with Gasteiger partial charge in [-0.2, -0.15) is 0 Å². The Morgan fingerprint density at radius 3 is 2.63 bits per heavy atom. The smallest absolute Gasteiger partial charge is 0.328 e. The Hall–Kier alpha value is -3.35. The monoisotopic (exact) mass is 363 g/mol. The number of para-hydroxylation sites is 4. The van der Waals surface area contributed by atoms with Gasteiger partial charge in [0.1, 0.15) is 5.82 Å². The summed E-state index contributed by atoms with van der Waals surface area (Å²) >= 11 is 0. The number of carbonyl (C=O) groups excluding carboxylic acids is 1. The van der Waals surface area contributed by atoms with Crippen molar-refractivity contribution in [3.8, 4) is 0 Å². The summed E-state index contributed by atoms with van der Waals surface area (Å²) in [5, 5.41) is 2.95. The van der Waals surface area contributed by atoms with Crippen molar-refractivity contribution in [1.82, 2.24) is 24.4 Å². The van der Waals surface area contributed by atoms with Crippen LogP contribution in [0.1, 0.15) is 25.2 Å². The number of imidazole rings is 2. The molecule has 4 rings (SSSR count). The molecule has 2 N–H and O–H groups in total. The number of carbonyl (C=O) groups is 1. The Morgan fingerprint density at radius 2 is 1.85 bits per heavy atom. The first-order valence-electron chi connectivity index (χ1n) is 8.93. The average Bonchev–Trinajstić information content (AvgIpc) is 3.21. The van der Waals surface area contributed by atoms with E-state index in [4.69, 9.17) is 0 Å². The number of nitrogens with zero attached hydrogens (tertiary/aromatic N) is 3. The highest BCUT2D eigenvalue weighted by molar-refractivity contribution is 5.78. The van der Waals surface area contributed by atoms with Crippen LogP contribution in [0.15, 0.2) is 53.3 Å². The van der Waals surface area contributed by atoms with Crippen LogP contribution in [0.5, 0.6) is 0 Å². The summed E-state index contributed by atoms with van der Waals surface area (Å²) in [6.07, 6.45) is 0.221. The molecule has 2 aromatic heterocycles. The van der Waals surface area contributed by atoms with E-state index in [0.717, 1.165) is 22.1 Å². The van der Waals surface area contributed by atoms with Crippen molar-refractivity contribution < 1.29 is 4.79 Å². The highest BCUT2D eigenvalue weighted by Gasteiger charge is 2.15. The third-order valence-corrected chi connectivity index (χ3v) is 4.81. The minimum absolute atomic E-state index is 0.116. The molecule has 1 atom stereocenters. The molecule has 0 saturated heterocycles. The van der Waals surface area contributed by atoms with Gasteiger partial charge in [0.25, 0.3) is 0 Å². The fraction of sp³-hybridized carbons (Fsp3) is 0.250. The number of hydrogen-bond donors (Lipinski definition) is 2. The molecule has 0 unspecified atom stereocenters. The molecular formula is C20H21N5O2. The predicted octanol–water partition coefficient (Wildman–Crippen LogP) is 2.48. The minimum atomic E-state index is -0.242. The first-order valence-corrected chi connectivity index (χ1v) is 8.93. The summed E-state index contributed by atoms with van der Waals surface area (Å²) in [6.45, 7) is 2.22. The number of aromatic nitrogens is 4. The number of aromatic amines is 1. The van der Waals surface area contributed by atoms with Gasteiger partial charge < -0.3 is 10.3 Å². The minimum Gasteiger partial charge on any atom is -0.346 e. The topological polar surface area (TPSA) is 84.7 Å². The molecule has 7 nitrogen and oxygen atoms in total. The second kappa shape index (κ2) is 6.75. The van der Waals surface area contributed by atoms with Crippen LogP contribution in [-0.4, -0.2) is 25.0 Å². The third kappa shape index (κ3) is 3.12. The molecule has 0 fully saturated rings. The van der Waals surface area contributed by atoms with Gasteiger partial charge in [0, 0.05) is 20.0 Å². The van der Waals surface area contributed by atoms with Crippen molar-refractivity contribution in [2.45, 2.75) is 25.9 Å². The second-order valence-electron chi connectivity index (χ2n) is 6.66. The molecule has 4 aromatic rings. The summed E-state index contributed by atoms with van der Waals surface area (Å²) < 4.78 is 3.24. The quantitative estimate of drug-likeness (QED) is 0.571. The zero-order valence-corrected chi connectivity index (χ0v) is 15.3. The normalized spacial score (nSPS) is 12.5. The maximum absolute atomic E-state index is 12.4. The third-order valence-electron chi connectivity index (χ3n) is 4.81. The predicted molar refractivity (Wildman–Crippen MR) is 104 cm³/mol. The van der Waals surface area contributed by atoms with E-state index in [-0.39, 0.29) is 24.1 Å². The molecule has 27 heavy (non-hydrogen) atoms. The average molecular weight is 363 g/mol. The van der Waals surface area contributed by atoms with Crippen molar-refractivity contribution >= 4 is 28.0 Å². The highest BCUT2D eigenvalue weighted by atomic mass is 16.2. The molecule has 0 saturated carbocycles. The van der Waals surface area contributed by atoms with Crippen LogP contribution in [0.2, 0.25) is 0 Å². The number of rotatable bonds is 5. The lowest BCUT2D eigenvalue weighted by Crippen LogP contribution is -2.30. The van der Waals surface area contributed by atoms with Crippen LogP contribution in [0.4, 0.5) is 0 Å². The van der Waals surface area contributed by atoms with Crippen LogP contribution in [0, 0.1) is 0 Å². The maximum atomic E-state index is 12.4. The summed E-state index contributed by atoms with van der Waals surface area (Å²) in [7, 11) is 1.74. The molecule has 0 aliphatic heterocycles. The molecule has 2 heterocycles. The molecule has 0 aliphatic rings. The van der Waals surface area contributed by atoms with E-state index in [2.05, 4.69) is 15.3 Å². The number of benzene rings is 2. The van der Waals surface area contributed by atoms with Crippen LogP contribution in [0.3, 0.4) is 0 Å². The molecule has 0 aliphatic carbocycles. The number of hydrogen-bond acceptors (Lipinski definition) is 3. The van der Waals surface area contributed by atoms with E-state index in [9.17, 15) is 9.59 Å². The molecule has 2 aromatic carbocycles. The lowest BCUT2D eigenvalue weighted by Gasteiger charge is -2.11. The molecule has 0 bridgehead atoms. The number of amides is 1. The van der Waals surface area contributed by atoms with E-state index in [1.807, 2.05) is 55.5 Å². The van der Waals surface area contributed by atoms with Gasteiger partial charge in [-0.15, -0.1) is 0 Å². The Balaban J connectivity index is 1.46. The first kappa shape index (κ1) is 17.1. The van der Waals surface area contributed by atoms with Gasteiger partial charge >= 0.3 is 5.69 Å². The molecule has 0 radical (unpaired) electrons. The van der Waals surface area contributed by atoms with Gasteiger partial charge in [0.2, 0.25) is 5.91 Å². The highest BCUT2D eigenvalue weighted by Crippen LogP contribution is 2.16. The van der Waals surface area contributed by atoms with E-state index in [1.165, 1.54) is 0 Å². The van der Waals surface area contributed by atoms with E-state index in [0.29, 0.717) is 12.4 Å². The molecule has 7 heteroatoms. The molecule has 1 amide bonds. The molecule has 0 spiro atoms. The number of H-pyrrole nitrogens is 1. The number of aryl methyl sites for hydroxylation is 2. The van der Waals surface area contributed by atoms with Crippen LogP contribution < -0.4 is 11.0 Å². The standard InChI is InChI=1S/C20H21N5O2/c1-13(19-22-14-7-3-4-8-15(14)23-19)21-18(26)11-12-25-17-10-6-5-9-16(17)24(2)20(25)27/h3-10,13H,11-12H2,1-2H3,(H,21,26)(H,22,23)/t13-/m0/s1. The van der Waals surface area contributed by atoms with Crippen molar-refractivity contribution in [2.24, 2.45) is 7.05 Å². The zero-order chi connectivity index (χ0) is 19.0. The Morgan fingerprint density at radius 1 is 1.15 bits per heavy atom. The zero-order valence-electron chi connectivity index (χ0n) is 15.3. The van der Waals surface area contributed by atoms with Gasteiger partial charge in [0.15, 0.2) is 0 Å². The Labute approximate surface area is 155 Å². The maximum Gasteiger partial charge on any atom is 0.328 e. The van der Waals surface area contributed by atoms with E-state index >= 15 is 0 Å². The van der Waals surface area contributed by atoms with E-state index < -0.39 is 0 Å². The van der Waals surface area contributed by atoms with Gasteiger partial charge in [-0.3, -0.25) is 13.9 Å². The first-order chi connectivity index (χ1) is 13.0. The van der Waals surface area contributed by atoms with Crippen LogP contribution >= 0.6 is 0 Å². The van der Waals surface area contributed by atoms with Crippen molar-refractivity contribution in [1.29, 1.82) is 0 Å². The van der Waals surface area contributed by atoms with Gasteiger partial charge in [-0.1, -0.05) is 24.3 Å². The summed E-state index contributed by atoms with van der Waals surface area (Å²) in [6, 6.07) is 15.1. The van der Waals surface area contributed by atoms with Crippen molar-refractivity contribution in [3.63, 3.8) is 0 Å². The van der Waals surface area contributed by atoms with Gasteiger partial charge in [0.05, 0.1) is 28.1 Å². The Bertz CT molecular complexity index is 1150. The molecular weight excluding hydrogens is 342 g/mol. The number of nitrogens with one attached hydrogen (secondary N) is 2. The van der Waals surface area contributed by atoms with Crippen molar-refractivity contribution in [3.05, 3.63) is 64.8 Å². The van der Waals surface area contributed by atoms with Gasteiger partial charge in [-0.05, 0) is 31.2 Å². The van der Waals surface area contributed by atoms with E-state index in [1.54, 1.807) is 16.2 Å². The lowest BCUT2D eigenvalue weighted by molar-refractivity contribution is -0.122. The van der Waals surface area contributed by atoms with Gasteiger partial charge in [-0.25, -0.2) is 9.78 Å². The fourth-order valence-corrected chi connectivity index (χ4v) is 3.35. The Kier molecular flexibility index (Phi) is 4.27. The SMILES string of the molecule is C[C@H](NC(=O)CCn1c(=O)n(C)c2ccccc21)c1nc2ccccc2[nH]1. The molecule has 138 valence electrons. The summed E-state index contributed by atoms with van der Waals surface area (Å²) in [5.41, 5.74) is 3.39. The lowest BCUT2D eigenvalue weighted by atomic mass is 10.3. The largest absolute Gasteiger partial charge is 0.346 e. The summed E-state index contributed by atoms with van der Waals surface area (Å²) in [4.78, 5) is 32.6.